The second kappa shape index (κ2) is 12.0. The van der Waals surface area contributed by atoms with Crippen molar-refractivity contribution in [2.45, 2.75) is 26.3 Å². The highest BCUT2D eigenvalue weighted by Gasteiger charge is 2.13. The monoisotopic (exact) mass is 472 g/mol. The molecule has 4 rings (SSSR count). The Hall–Kier alpha value is -3.94. The molecule has 0 fully saturated rings. The number of rotatable bonds is 11. The highest BCUT2D eigenvalue weighted by atomic mass is 16.5. The van der Waals surface area contributed by atoms with Crippen LogP contribution in [0.25, 0.3) is 0 Å². The molecule has 0 amide bonds. The van der Waals surface area contributed by atoms with Crippen molar-refractivity contribution >= 4 is 0 Å². The van der Waals surface area contributed by atoms with Crippen molar-refractivity contribution in [1.82, 2.24) is 9.13 Å². The lowest BCUT2D eigenvalue weighted by molar-refractivity contribution is 0.0448. The van der Waals surface area contributed by atoms with Gasteiger partial charge >= 0.3 is 5.69 Å². The minimum absolute atomic E-state index is 0.0479. The first-order valence-electron chi connectivity index (χ1n) is 11.5. The molecule has 0 saturated heterocycles. The summed E-state index contributed by atoms with van der Waals surface area (Å²) in [5, 5.41) is 9.00. The van der Waals surface area contributed by atoms with E-state index in [1.54, 1.807) is 6.20 Å². The number of hydrogen-bond donors (Lipinski definition) is 1. The first-order chi connectivity index (χ1) is 17.1. The summed E-state index contributed by atoms with van der Waals surface area (Å²) in [6, 6.07) is 26.9. The van der Waals surface area contributed by atoms with Crippen LogP contribution in [0.2, 0.25) is 0 Å². The van der Waals surface area contributed by atoms with Gasteiger partial charge in [0.05, 0.1) is 19.8 Å². The van der Waals surface area contributed by atoms with E-state index in [2.05, 4.69) is 0 Å². The van der Waals surface area contributed by atoms with Crippen LogP contribution in [0.3, 0.4) is 0 Å². The SMILES string of the molecule is O=c1c(Cc2ccccc2)cn(COCCO)c(=O)n1Cc1ccc(OCc2ccccc2)cc1. The number of nitrogens with zero attached hydrogens (tertiary/aromatic N) is 2. The van der Waals surface area contributed by atoms with Crippen molar-refractivity contribution in [3.63, 3.8) is 0 Å². The van der Waals surface area contributed by atoms with Crippen LogP contribution in [0.15, 0.2) is 101 Å². The van der Waals surface area contributed by atoms with E-state index in [0.717, 1.165) is 16.7 Å². The largest absolute Gasteiger partial charge is 0.489 e. The van der Waals surface area contributed by atoms with Crippen LogP contribution in [0.4, 0.5) is 0 Å². The van der Waals surface area contributed by atoms with Gasteiger partial charge in [0.1, 0.15) is 19.1 Å². The summed E-state index contributed by atoms with van der Waals surface area (Å²) in [6.45, 7) is 0.487. The van der Waals surface area contributed by atoms with Crippen LogP contribution in [0.1, 0.15) is 22.3 Å². The summed E-state index contributed by atoms with van der Waals surface area (Å²) in [5.41, 5.74) is 2.54. The Bertz CT molecular complexity index is 1330. The molecule has 4 aromatic rings. The quantitative estimate of drug-likeness (QED) is 0.339. The fourth-order valence-corrected chi connectivity index (χ4v) is 3.72. The number of hydrogen-bond acceptors (Lipinski definition) is 5. The molecule has 1 aromatic heterocycles. The molecule has 1 N–H and O–H groups in total. The average Bonchev–Trinajstić information content (AvgIpc) is 2.90. The van der Waals surface area contributed by atoms with Gasteiger partial charge in [-0.25, -0.2) is 4.79 Å². The third-order valence-corrected chi connectivity index (χ3v) is 5.52. The lowest BCUT2D eigenvalue weighted by Gasteiger charge is -2.14. The Balaban J connectivity index is 1.56. The molecule has 0 aliphatic carbocycles. The summed E-state index contributed by atoms with van der Waals surface area (Å²) in [5.74, 6) is 0.706. The van der Waals surface area contributed by atoms with Gasteiger partial charge in [-0.2, -0.15) is 0 Å². The van der Waals surface area contributed by atoms with Crippen molar-refractivity contribution < 1.29 is 14.6 Å². The molecule has 7 nitrogen and oxygen atoms in total. The Labute approximate surface area is 203 Å². The summed E-state index contributed by atoms with van der Waals surface area (Å²) >= 11 is 0. The third-order valence-electron chi connectivity index (χ3n) is 5.52. The van der Waals surface area contributed by atoms with Crippen LogP contribution in [0, 0.1) is 0 Å². The maximum absolute atomic E-state index is 13.3. The molecule has 0 unspecified atom stereocenters. The zero-order chi connectivity index (χ0) is 24.5. The fraction of sp³-hybridized carbons (Fsp3) is 0.214. The molecular formula is C28H28N2O5. The molecule has 1 heterocycles. The van der Waals surface area contributed by atoms with Crippen LogP contribution in [-0.2, 0) is 31.0 Å². The molecular weight excluding hydrogens is 444 g/mol. The summed E-state index contributed by atoms with van der Waals surface area (Å²) in [6.07, 6.45) is 1.94. The highest BCUT2D eigenvalue weighted by Crippen LogP contribution is 2.15. The van der Waals surface area contributed by atoms with E-state index in [0.29, 0.717) is 24.3 Å². The van der Waals surface area contributed by atoms with Crippen LogP contribution < -0.4 is 16.0 Å². The van der Waals surface area contributed by atoms with Gasteiger partial charge in [-0.15, -0.1) is 0 Å². The van der Waals surface area contributed by atoms with Gasteiger partial charge in [-0.05, 0) is 28.8 Å². The van der Waals surface area contributed by atoms with Crippen molar-refractivity contribution in [2.24, 2.45) is 0 Å². The average molecular weight is 473 g/mol. The van der Waals surface area contributed by atoms with Gasteiger partial charge in [-0.3, -0.25) is 13.9 Å². The van der Waals surface area contributed by atoms with E-state index in [1.165, 1.54) is 9.13 Å². The number of ether oxygens (including phenoxy) is 2. The van der Waals surface area contributed by atoms with E-state index < -0.39 is 5.69 Å². The maximum atomic E-state index is 13.3. The zero-order valence-electron chi connectivity index (χ0n) is 19.4. The first-order valence-corrected chi connectivity index (χ1v) is 11.5. The van der Waals surface area contributed by atoms with Gasteiger partial charge in [-0.1, -0.05) is 72.8 Å². The molecule has 0 aliphatic heterocycles. The van der Waals surface area contributed by atoms with Gasteiger partial charge in [0, 0.05) is 18.2 Å². The van der Waals surface area contributed by atoms with Crippen molar-refractivity contribution in [3.05, 3.63) is 134 Å². The third kappa shape index (κ3) is 6.56. The molecule has 0 atom stereocenters. The van der Waals surface area contributed by atoms with Crippen LogP contribution in [-0.4, -0.2) is 27.5 Å². The highest BCUT2D eigenvalue weighted by molar-refractivity contribution is 5.28. The van der Waals surface area contributed by atoms with E-state index >= 15 is 0 Å². The number of aliphatic hydroxyl groups excluding tert-OH is 1. The normalized spacial score (nSPS) is 10.9. The molecule has 0 spiro atoms. The summed E-state index contributed by atoms with van der Waals surface area (Å²) < 4.78 is 13.8. The Morgan fingerprint density at radius 2 is 1.43 bits per heavy atom. The minimum Gasteiger partial charge on any atom is -0.489 e. The van der Waals surface area contributed by atoms with E-state index in [4.69, 9.17) is 14.6 Å². The van der Waals surface area contributed by atoms with Crippen molar-refractivity contribution in [3.8, 4) is 5.75 Å². The smallest absolute Gasteiger partial charge is 0.333 e. The lowest BCUT2D eigenvalue weighted by atomic mass is 10.1. The zero-order valence-corrected chi connectivity index (χ0v) is 19.4. The molecule has 180 valence electrons. The Morgan fingerprint density at radius 3 is 2.09 bits per heavy atom. The molecule has 35 heavy (non-hydrogen) atoms. The predicted octanol–water partition coefficient (Wildman–Crippen LogP) is 3.19. The summed E-state index contributed by atoms with van der Waals surface area (Å²) in [7, 11) is 0. The molecule has 0 bridgehead atoms. The van der Waals surface area contributed by atoms with E-state index in [1.807, 2.05) is 84.9 Å². The number of aliphatic hydroxyl groups is 1. The summed E-state index contributed by atoms with van der Waals surface area (Å²) in [4.78, 5) is 26.3. The van der Waals surface area contributed by atoms with Crippen molar-refractivity contribution in [1.29, 1.82) is 0 Å². The Morgan fingerprint density at radius 1 is 0.771 bits per heavy atom. The standard InChI is InChI=1S/C28H28N2O5/c31-15-16-34-21-29-19-25(17-22-7-3-1-4-8-22)27(32)30(28(29)33)18-23-11-13-26(14-12-23)35-20-24-9-5-2-6-10-24/h1-14,19,31H,15-18,20-21H2. The second-order valence-electron chi connectivity index (χ2n) is 8.14. The second-order valence-corrected chi connectivity index (χ2v) is 8.14. The molecule has 7 heteroatoms. The molecule has 0 saturated carbocycles. The number of benzene rings is 3. The molecule has 3 aromatic carbocycles. The fourth-order valence-electron chi connectivity index (χ4n) is 3.72. The van der Waals surface area contributed by atoms with Gasteiger partial charge in [0.2, 0.25) is 0 Å². The van der Waals surface area contributed by atoms with Crippen molar-refractivity contribution in [2.75, 3.05) is 13.2 Å². The van der Waals surface area contributed by atoms with Gasteiger partial charge in [0.25, 0.3) is 5.56 Å². The van der Waals surface area contributed by atoms with Gasteiger partial charge in [0.15, 0.2) is 0 Å². The first kappa shape index (κ1) is 24.2. The minimum atomic E-state index is -0.464. The lowest BCUT2D eigenvalue weighted by Crippen LogP contribution is -2.42. The van der Waals surface area contributed by atoms with E-state index in [-0.39, 0.29) is 32.0 Å². The number of aromatic nitrogens is 2. The predicted molar refractivity (Wildman–Crippen MR) is 134 cm³/mol. The Kier molecular flexibility index (Phi) is 8.27. The maximum Gasteiger partial charge on any atom is 0.333 e. The molecule has 0 radical (unpaired) electrons. The molecule has 0 aliphatic rings. The van der Waals surface area contributed by atoms with Crippen LogP contribution in [0.5, 0.6) is 5.75 Å². The van der Waals surface area contributed by atoms with Crippen LogP contribution >= 0.6 is 0 Å². The van der Waals surface area contributed by atoms with Gasteiger partial charge < -0.3 is 14.6 Å². The van der Waals surface area contributed by atoms with E-state index in [9.17, 15) is 9.59 Å². The topological polar surface area (TPSA) is 82.7 Å².